The lowest BCUT2D eigenvalue weighted by Crippen LogP contribution is -2.41. The second-order valence-electron chi connectivity index (χ2n) is 6.01. The summed E-state index contributed by atoms with van der Waals surface area (Å²) < 4.78 is 27.6. The third kappa shape index (κ3) is 3.39. The molecule has 1 saturated carbocycles. The van der Waals surface area contributed by atoms with Crippen molar-refractivity contribution in [3.05, 3.63) is 28.8 Å². The molecule has 7 heteroatoms. The minimum atomic E-state index is -3.85. The van der Waals surface area contributed by atoms with Crippen LogP contribution in [0.2, 0.25) is 5.02 Å². The molecule has 0 saturated heterocycles. The highest BCUT2D eigenvalue weighted by Crippen LogP contribution is 2.38. The average Bonchev–Trinajstić information content (AvgIpc) is 2.68. The average molecular weight is 332 g/mol. The highest BCUT2D eigenvalue weighted by atomic mass is 35.5. The quantitative estimate of drug-likeness (QED) is 0.888. The van der Waals surface area contributed by atoms with Crippen LogP contribution in [0.4, 0.5) is 0 Å². The van der Waals surface area contributed by atoms with Crippen LogP contribution < -0.4 is 4.72 Å². The van der Waals surface area contributed by atoms with Crippen molar-refractivity contribution in [3.8, 4) is 0 Å². The second kappa shape index (κ2) is 5.59. The Kier molecular flexibility index (Phi) is 4.33. The fourth-order valence-electron chi connectivity index (χ4n) is 2.64. The molecule has 21 heavy (non-hydrogen) atoms. The third-order valence-electron chi connectivity index (χ3n) is 4.02. The Bertz CT molecular complexity index is 670. The molecule has 0 radical (unpaired) electrons. The zero-order valence-corrected chi connectivity index (χ0v) is 13.5. The first kappa shape index (κ1) is 16.3. The van der Waals surface area contributed by atoms with Crippen LogP contribution in [-0.2, 0) is 10.0 Å². The van der Waals surface area contributed by atoms with Gasteiger partial charge in [0.1, 0.15) is 4.90 Å². The van der Waals surface area contributed by atoms with Gasteiger partial charge in [-0.15, -0.1) is 0 Å². The van der Waals surface area contributed by atoms with Gasteiger partial charge in [0.25, 0.3) is 0 Å². The Morgan fingerprint density at radius 2 is 2.10 bits per heavy atom. The first-order chi connectivity index (χ1) is 9.63. The molecule has 0 bridgehead atoms. The van der Waals surface area contributed by atoms with E-state index in [9.17, 15) is 13.2 Å². The first-order valence-electron chi connectivity index (χ1n) is 6.69. The van der Waals surface area contributed by atoms with E-state index in [1.165, 1.54) is 12.1 Å². The highest BCUT2D eigenvalue weighted by molar-refractivity contribution is 7.89. The molecule has 2 rings (SSSR count). The molecule has 0 amide bonds. The zero-order chi connectivity index (χ0) is 15.8. The van der Waals surface area contributed by atoms with Gasteiger partial charge in [-0.3, -0.25) is 0 Å². The van der Waals surface area contributed by atoms with Gasteiger partial charge in [-0.05, 0) is 36.5 Å². The number of hydrogen-bond donors (Lipinski definition) is 2. The summed E-state index contributed by atoms with van der Waals surface area (Å²) in [6.07, 6.45) is 2.68. The van der Waals surface area contributed by atoms with Crippen LogP contribution in [0.3, 0.4) is 0 Å². The van der Waals surface area contributed by atoms with Crippen LogP contribution in [0, 0.1) is 5.41 Å². The van der Waals surface area contributed by atoms with E-state index in [0.717, 1.165) is 25.3 Å². The standard InChI is InChI=1S/C14H18ClNO4S/c1-14(2)7-3-4-12(14)16-21(19,20)11-8-9(13(17)18)5-6-10(11)15/h5-6,8,12,16H,3-4,7H2,1-2H3,(H,17,18). The number of carbonyl (C=O) groups is 1. The number of hydrogen-bond acceptors (Lipinski definition) is 3. The monoisotopic (exact) mass is 331 g/mol. The fraction of sp³-hybridized carbons (Fsp3) is 0.500. The summed E-state index contributed by atoms with van der Waals surface area (Å²) in [5.74, 6) is -1.19. The third-order valence-corrected chi connectivity index (χ3v) is 5.98. The number of carboxylic acids is 1. The molecule has 0 spiro atoms. The normalized spacial score (nSPS) is 21.4. The van der Waals surface area contributed by atoms with E-state index >= 15 is 0 Å². The molecule has 0 aromatic heterocycles. The van der Waals surface area contributed by atoms with Crippen molar-refractivity contribution in [2.24, 2.45) is 5.41 Å². The van der Waals surface area contributed by atoms with Crippen LogP contribution in [-0.4, -0.2) is 25.5 Å². The van der Waals surface area contributed by atoms with Gasteiger partial charge in [0.05, 0.1) is 10.6 Å². The zero-order valence-electron chi connectivity index (χ0n) is 11.9. The fourth-order valence-corrected chi connectivity index (χ4v) is 4.61. The lowest BCUT2D eigenvalue weighted by molar-refractivity contribution is 0.0696. The van der Waals surface area contributed by atoms with Gasteiger partial charge < -0.3 is 5.11 Å². The molecule has 5 nitrogen and oxygen atoms in total. The van der Waals surface area contributed by atoms with Crippen LogP contribution in [0.1, 0.15) is 43.5 Å². The smallest absolute Gasteiger partial charge is 0.335 e. The minimum absolute atomic E-state index is 0.0169. The molecule has 1 aliphatic rings. The number of aromatic carboxylic acids is 1. The Balaban J connectivity index is 2.36. The topological polar surface area (TPSA) is 83.5 Å². The summed E-state index contributed by atoms with van der Waals surface area (Å²) in [5, 5.41) is 8.99. The van der Waals surface area contributed by atoms with E-state index in [4.69, 9.17) is 16.7 Å². The van der Waals surface area contributed by atoms with E-state index in [0.29, 0.717) is 0 Å². The molecule has 1 atom stereocenters. The first-order valence-corrected chi connectivity index (χ1v) is 8.55. The lowest BCUT2D eigenvalue weighted by Gasteiger charge is -2.27. The largest absolute Gasteiger partial charge is 0.478 e. The molecule has 1 aliphatic carbocycles. The van der Waals surface area contributed by atoms with Crippen LogP contribution in [0.5, 0.6) is 0 Å². The molecule has 116 valence electrons. The highest BCUT2D eigenvalue weighted by Gasteiger charge is 2.37. The van der Waals surface area contributed by atoms with Crippen molar-refractivity contribution in [2.45, 2.75) is 44.0 Å². The second-order valence-corrected chi connectivity index (χ2v) is 8.09. The number of nitrogens with one attached hydrogen (secondary N) is 1. The van der Waals surface area contributed by atoms with E-state index in [2.05, 4.69) is 4.72 Å². The van der Waals surface area contributed by atoms with E-state index in [-0.39, 0.29) is 26.9 Å². The Morgan fingerprint density at radius 1 is 1.43 bits per heavy atom. The predicted octanol–water partition coefficient (Wildman–Crippen LogP) is 2.90. The minimum Gasteiger partial charge on any atom is -0.478 e. The summed E-state index contributed by atoms with van der Waals surface area (Å²) in [7, 11) is -3.85. The van der Waals surface area contributed by atoms with Gasteiger partial charge in [0.15, 0.2) is 0 Å². The Labute approximate surface area is 129 Å². The number of sulfonamides is 1. The van der Waals surface area contributed by atoms with Crippen molar-refractivity contribution in [2.75, 3.05) is 0 Å². The van der Waals surface area contributed by atoms with Gasteiger partial charge in [-0.25, -0.2) is 17.9 Å². The van der Waals surface area contributed by atoms with Crippen LogP contribution in [0.25, 0.3) is 0 Å². The van der Waals surface area contributed by atoms with Gasteiger partial charge in [-0.1, -0.05) is 31.9 Å². The van der Waals surface area contributed by atoms with E-state index in [1.807, 2.05) is 13.8 Å². The summed E-state index contributed by atoms with van der Waals surface area (Å²) >= 11 is 5.93. The maximum Gasteiger partial charge on any atom is 0.335 e. The summed E-state index contributed by atoms with van der Waals surface area (Å²) in [6, 6.07) is 3.49. The van der Waals surface area contributed by atoms with Crippen LogP contribution in [0.15, 0.2) is 23.1 Å². The van der Waals surface area contributed by atoms with Crippen molar-refractivity contribution in [1.29, 1.82) is 0 Å². The Morgan fingerprint density at radius 3 is 2.62 bits per heavy atom. The molecular weight excluding hydrogens is 314 g/mol. The molecule has 1 aromatic rings. The molecule has 1 unspecified atom stereocenters. The SMILES string of the molecule is CC1(C)CCCC1NS(=O)(=O)c1cc(C(=O)O)ccc1Cl. The number of benzene rings is 1. The van der Waals surface area contributed by atoms with Gasteiger partial charge >= 0.3 is 5.97 Å². The number of halogens is 1. The number of carboxylic acid groups (broad SMARTS) is 1. The number of rotatable bonds is 4. The Hall–Kier alpha value is -1.11. The van der Waals surface area contributed by atoms with Gasteiger partial charge in [0.2, 0.25) is 10.0 Å². The molecular formula is C14H18ClNO4S. The molecule has 0 heterocycles. The molecule has 1 fully saturated rings. The predicted molar refractivity (Wildman–Crippen MR) is 80.2 cm³/mol. The van der Waals surface area contributed by atoms with Crippen LogP contribution >= 0.6 is 11.6 Å². The maximum absolute atomic E-state index is 12.5. The van der Waals surface area contributed by atoms with Gasteiger partial charge in [0, 0.05) is 6.04 Å². The molecule has 0 aliphatic heterocycles. The van der Waals surface area contributed by atoms with Crippen molar-refractivity contribution in [3.63, 3.8) is 0 Å². The summed E-state index contributed by atoms with van der Waals surface area (Å²) in [4.78, 5) is 10.8. The van der Waals surface area contributed by atoms with Crippen molar-refractivity contribution >= 4 is 27.6 Å². The van der Waals surface area contributed by atoms with E-state index < -0.39 is 16.0 Å². The van der Waals surface area contributed by atoms with E-state index in [1.54, 1.807) is 0 Å². The van der Waals surface area contributed by atoms with Gasteiger partial charge in [-0.2, -0.15) is 0 Å². The van der Waals surface area contributed by atoms with Crippen molar-refractivity contribution < 1.29 is 18.3 Å². The molecule has 1 aromatic carbocycles. The lowest BCUT2D eigenvalue weighted by atomic mass is 9.88. The summed E-state index contributed by atoms with van der Waals surface area (Å²) in [6.45, 7) is 4.03. The van der Waals surface area contributed by atoms with Crippen molar-refractivity contribution in [1.82, 2.24) is 4.72 Å². The summed E-state index contributed by atoms with van der Waals surface area (Å²) in [5.41, 5.74) is -0.227. The molecule has 2 N–H and O–H groups in total. The maximum atomic E-state index is 12.5.